The molecule has 0 aromatic heterocycles. The maximum Gasteiger partial charge on any atom is 0.407 e. The van der Waals surface area contributed by atoms with E-state index in [1.165, 1.54) is 20.3 Å². The van der Waals surface area contributed by atoms with Crippen molar-refractivity contribution in [1.29, 1.82) is 0 Å². The molecule has 1 amide bonds. The predicted octanol–water partition coefficient (Wildman–Crippen LogP) is 2.48. The van der Waals surface area contributed by atoms with Gasteiger partial charge in [-0.05, 0) is 32.3 Å². The van der Waals surface area contributed by atoms with Gasteiger partial charge in [0.15, 0.2) is 5.79 Å². The molecule has 1 aliphatic carbocycles. The van der Waals surface area contributed by atoms with E-state index in [0.717, 1.165) is 5.56 Å². The first-order valence-electron chi connectivity index (χ1n) is 10.4. The fourth-order valence-electron chi connectivity index (χ4n) is 4.09. The van der Waals surface area contributed by atoms with Gasteiger partial charge in [-0.3, -0.25) is 0 Å². The molecule has 174 valence electrons. The van der Waals surface area contributed by atoms with Gasteiger partial charge in [-0.2, -0.15) is 0 Å². The second-order valence-electron chi connectivity index (χ2n) is 8.22. The van der Waals surface area contributed by atoms with Crippen molar-refractivity contribution in [3.63, 3.8) is 0 Å². The quantitative estimate of drug-likeness (QED) is 0.233. The molecule has 0 unspecified atom stereocenters. The molecule has 1 heterocycles. The van der Waals surface area contributed by atoms with Crippen molar-refractivity contribution in [1.82, 2.24) is 5.32 Å². The summed E-state index contributed by atoms with van der Waals surface area (Å²) in [6, 6.07) is 8.85. The Morgan fingerprint density at radius 1 is 1.03 bits per heavy atom. The Morgan fingerprint density at radius 3 is 2.22 bits per heavy atom. The van der Waals surface area contributed by atoms with E-state index in [2.05, 4.69) is 5.32 Å². The van der Waals surface area contributed by atoms with Crippen molar-refractivity contribution in [3.05, 3.63) is 47.5 Å². The van der Waals surface area contributed by atoms with E-state index in [1.54, 1.807) is 0 Å². The van der Waals surface area contributed by atoms with Crippen LogP contribution in [0.2, 0.25) is 0 Å². The highest BCUT2D eigenvalue weighted by Gasteiger charge is 2.48. The van der Waals surface area contributed by atoms with Crippen LogP contribution in [-0.4, -0.2) is 56.3 Å². The van der Waals surface area contributed by atoms with Gasteiger partial charge in [-0.1, -0.05) is 36.4 Å². The molecule has 9 heteroatoms. The Labute approximate surface area is 187 Å². The van der Waals surface area contributed by atoms with Crippen LogP contribution in [0, 0.1) is 5.92 Å². The molecule has 3 rings (SSSR count). The van der Waals surface area contributed by atoms with E-state index < -0.39 is 35.8 Å². The van der Waals surface area contributed by atoms with Crippen LogP contribution >= 0.6 is 0 Å². The summed E-state index contributed by atoms with van der Waals surface area (Å²) in [5.74, 6) is -2.80. The van der Waals surface area contributed by atoms with Gasteiger partial charge in [0.2, 0.25) is 0 Å². The number of amides is 1. The third kappa shape index (κ3) is 5.86. The molecule has 1 N–H and O–H groups in total. The number of methoxy groups -OCH3 is 2. The van der Waals surface area contributed by atoms with E-state index in [9.17, 15) is 14.4 Å². The SMILES string of the molecule is COC(=O)C(=C[C@H]1C[C@@H]2OC(C)(C)O[C@@H]2C[C@H]1NC(=O)OCc1ccccc1)C(=O)OC. The number of benzene rings is 1. The van der Waals surface area contributed by atoms with Gasteiger partial charge < -0.3 is 29.0 Å². The maximum atomic E-state index is 12.5. The van der Waals surface area contributed by atoms with Crippen LogP contribution in [0.5, 0.6) is 0 Å². The summed E-state index contributed by atoms with van der Waals surface area (Å²) in [7, 11) is 2.37. The summed E-state index contributed by atoms with van der Waals surface area (Å²) >= 11 is 0. The minimum atomic E-state index is -0.812. The summed E-state index contributed by atoms with van der Waals surface area (Å²) in [5.41, 5.74) is 0.622. The van der Waals surface area contributed by atoms with Gasteiger partial charge in [-0.25, -0.2) is 14.4 Å². The topological polar surface area (TPSA) is 109 Å². The van der Waals surface area contributed by atoms with Crippen molar-refractivity contribution in [2.45, 2.75) is 57.3 Å². The third-order valence-electron chi connectivity index (χ3n) is 5.50. The highest BCUT2D eigenvalue weighted by Crippen LogP contribution is 2.40. The molecule has 0 radical (unpaired) electrons. The number of carbonyl (C=O) groups is 3. The number of hydrogen-bond donors (Lipinski definition) is 1. The zero-order chi connectivity index (χ0) is 23.3. The van der Waals surface area contributed by atoms with Gasteiger partial charge in [0, 0.05) is 12.0 Å². The normalized spacial score (nSPS) is 25.8. The predicted molar refractivity (Wildman–Crippen MR) is 112 cm³/mol. The second kappa shape index (κ2) is 10.1. The van der Waals surface area contributed by atoms with Crippen LogP contribution in [0.25, 0.3) is 0 Å². The van der Waals surface area contributed by atoms with Crippen molar-refractivity contribution in [2.24, 2.45) is 5.92 Å². The van der Waals surface area contributed by atoms with Gasteiger partial charge >= 0.3 is 18.0 Å². The Morgan fingerprint density at radius 2 is 1.62 bits per heavy atom. The summed E-state index contributed by atoms with van der Waals surface area (Å²) in [5, 5.41) is 2.85. The summed E-state index contributed by atoms with van der Waals surface area (Å²) in [6.45, 7) is 3.76. The van der Waals surface area contributed by atoms with Crippen LogP contribution in [0.1, 0.15) is 32.3 Å². The van der Waals surface area contributed by atoms with E-state index in [4.69, 9.17) is 23.7 Å². The van der Waals surface area contributed by atoms with Gasteiger partial charge in [0.25, 0.3) is 0 Å². The molecular weight excluding hydrogens is 418 g/mol. The van der Waals surface area contributed by atoms with Crippen LogP contribution in [0.3, 0.4) is 0 Å². The molecule has 1 saturated carbocycles. The van der Waals surface area contributed by atoms with Crippen molar-refractivity contribution in [2.75, 3.05) is 14.2 Å². The zero-order valence-corrected chi connectivity index (χ0v) is 18.7. The lowest BCUT2D eigenvalue weighted by Gasteiger charge is -2.35. The van der Waals surface area contributed by atoms with Crippen LogP contribution in [0.4, 0.5) is 4.79 Å². The number of fused-ring (bicyclic) bond motifs is 1. The summed E-state index contributed by atoms with van der Waals surface area (Å²) in [6.07, 6.45) is 1.23. The highest BCUT2D eigenvalue weighted by atomic mass is 16.8. The molecule has 2 aliphatic rings. The van der Waals surface area contributed by atoms with Crippen molar-refractivity contribution >= 4 is 18.0 Å². The first kappa shape index (κ1) is 23.7. The van der Waals surface area contributed by atoms with E-state index in [-0.39, 0.29) is 24.4 Å². The lowest BCUT2D eigenvalue weighted by Crippen LogP contribution is -2.49. The Bertz CT molecular complexity index is 848. The molecular formula is C23H29NO8. The smallest absolute Gasteiger partial charge is 0.407 e. The third-order valence-corrected chi connectivity index (χ3v) is 5.50. The zero-order valence-electron chi connectivity index (χ0n) is 18.7. The molecule has 4 atom stereocenters. The van der Waals surface area contributed by atoms with Gasteiger partial charge in [-0.15, -0.1) is 0 Å². The molecule has 2 fully saturated rings. The molecule has 0 spiro atoms. The fraction of sp³-hybridized carbons (Fsp3) is 0.522. The van der Waals surface area contributed by atoms with Crippen LogP contribution < -0.4 is 5.32 Å². The average molecular weight is 447 g/mol. The molecule has 0 bridgehead atoms. The number of alkyl carbamates (subject to hydrolysis) is 1. The average Bonchev–Trinajstić information content (AvgIpc) is 3.08. The molecule has 1 aromatic carbocycles. The first-order chi connectivity index (χ1) is 15.2. The van der Waals surface area contributed by atoms with Gasteiger partial charge in [0.05, 0.1) is 26.4 Å². The maximum absolute atomic E-state index is 12.5. The molecule has 1 aromatic rings. The monoisotopic (exact) mass is 447 g/mol. The second-order valence-corrected chi connectivity index (χ2v) is 8.22. The standard InChI is InChI=1S/C23H29NO8/c1-23(2)31-18-11-15(10-16(20(25)28-3)21(26)29-4)17(12-19(18)32-23)24-22(27)30-13-14-8-6-5-7-9-14/h5-10,15,17-19H,11-13H2,1-4H3,(H,24,27)/t15-,17+,18-,19+/m0/s1. The Hall–Kier alpha value is -2.91. The van der Waals surface area contributed by atoms with Crippen LogP contribution in [-0.2, 0) is 39.9 Å². The fourth-order valence-corrected chi connectivity index (χ4v) is 4.09. The van der Waals surface area contributed by atoms with Crippen molar-refractivity contribution < 1.29 is 38.1 Å². The Kier molecular flexibility index (Phi) is 7.52. The summed E-state index contributed by atoms with van der Waals surface area (Å²) < 4.78 is 26.7. The summed E-state index contributed by atoms with van der Waals surface area (Å²) in [4.78, 5) is 36.8. The number of ether oxygens (including phenoxy) is 5. The number of esters is 2. The molecule has 1 saturated heterocycles. The van der Waals surface area contributed by atoms with E-state index in [0.29, 0.717) is 12.8 Å². The lowest BCUT2D eigenvalue weighted by atomic mass is 9.80. The van der Waals surface area contributed by atoms with E-state index in [1.807, 2.05) is 44.2 Å². The highest BCUT2D eigenvalue weighted by molar-refractivity contribution is 6.14. The minimum absolute atomic E-state index is 0.119. The van der Waals surface area contributed by atoms with E-state index >= 15 is 0 Å². The Balaban J connectivity index is 1.77. The molecule has 9 nitrogen and oxygen atoms in total. The van der Waals surface area contributed by atoms with Crippen molar-refractivity contribution in [3.8, 4) is 0 Å². The minimum Gasteiger partial charge on any atom is -0.465 e. The van der Waals surface area contributed by atoms with Crippen LogP contribution in [0.15, 0.2) is 42.0 Å². The largest absolute Gasteiger partial charge is 0.465 e. The number of rotatable bonds is 6. The molecule has 32 heavy (non-hydrogen) atoms. The lowest BCUT2D eigenvalue weighted by molar-refractivity contribution is -0.146. The number of carbonyl (C=O) groups excluding carboxylic acids is 3. The number of hydrogen-bond acceptors (Lipinski definition) is 8. The number of nitrogens with one attached hydrogen (secondary N) is 1. The molecule has 1 aliphatic heterocycles. The van der Waals surface area contributed by atoms with Gasteiger partial charge in [0.1, 0.15) is 12.2 Å². The first-order valence-corrected chi connectivity index (χ1v) is 10.4.